The van der Waals surface area contributed by atoms with Crippen LogP contribution in [-0.2, 0) is 6.61 Å². The van der Waals surface area contributed by atoms with Gasteiger partial charge < -0.3 is 4.74 Å². The number of rotatable bonds is 6. The van der Waals surface area contributed by atoms with Crippen molar-refractivity contribution in [3.63, 3.8) is 0 Å². The van der Waals surface area contributed by atoms with Crippen molar-refractivity contribution in [2.24, 2.45) is 0 Å². The first kappa shape index (κ1) is 18.7. The molecule has 1 aromatic carbocycles. The molecule has 0 spiro atoms. The molecular formula is C19H15FN6O2S. The molecule has 8 nitrogen and oxygen atoms in total. The van der Waals surface area contributed by atoms with E-state index in [4.69, 9.17) is 4.74 Å². The van der Waals surface area contributed by atoms with Crippen LogP contribution < -0.4 is 10.1 Å². The molecule has 4 aromatic rings. The highest BCUT2D eigenvalue weighted by molar-refractivity contribution is 7.13. The zero-order chi connectivity index (χ0) is 20.2. The van der Waals surface area contributed by atoms with Gasteiger partial charge in [-0.3, -0.25) is 20.2 Å². The van der Waals surface area contributed by atoms with Gasteiger partial charge in [0.1, 0.15) is 33.8 Å². The summed E-state index contributed by atoms with van der Waals surface area (Å²) in [5.41, 5.74) is 1.19. The quantitative estimate of drug-likeness (QED) is 0.503. The first-order valence-electron chi connectivity index (χ1n) is 8.58. The minimum absolute atomic E-state index is 0.146. The third-order valence-electron chi connectivity index (χ3n) is 3.84. The molecule has 0 aliphatic heterocycles. The van der Waals surface area contributed by atoms with Gasteiger partial charge in [0.25, 0.3) is 5.91 Å². The summed E-state index contributed by atoms with van der Waals surface area (Å²) in [6.07, 6.45) is 1.65. The van der Waals surface area contributed by atoms with Gasteiger partial charge in [0.15, 0.2) is 5.82 Å². The number of hydrogen-bond donors (Lipinski definition) is 2. The zero-order valence-corrected chi connectivity index (χ0v) is 16.0. The van der Waals surface area contributed by atoms with E-state index < -0.39 is 0 Å². The number of thiazole rings is 1. The number of carbonyl (C=O) groups excluding carboxylic acids is 1. The first-order chi connectivity index (χ1) is 14.1. The minimum Gasteiger partial charge on any atom is -0.486 e. The maximum absolute atomic E-state index is 12.9. The first-order valence-corrected chi connectivity index (χ1v) is 9.40. The van der Waals surface area contributed by atoms with E-state index in [0.29, 0.717) is 32.8 Å². The number of aryl methyl sites for hydroxylation is 1. The Hall–Kier alpha value is -3.66. The maximum atomic E-state index is 12.9. The van der Waals surface area contributed by atoms with E-state index in [-0.39, 0.29) is 24.3 Å². The summed E-state index contributed by atoms with van der Waals surface area (Å²) in [7, 11) is 0. The molecule has 146 valence electrons. The Balaban J connectivity index is 1.41. The summed E-state index contributed by atoms with van der Waals surface area (Å²) in [5.74, 6) is 0.426. The number of aromatic nitrogens is 5. The molecule has 0 aliphatic rings. The molecule has 4 rings (SSSR count). The number of nitrogens with one attached hydrogen (secondary N) is 2. The monoisotopic (exact) mass is 410 g/mol. The van der Waals surface area contributed by atoms with E-state index in [0.717, 1.165) is 0 Å². The summed E-state index contributed by atoms with van der Waals surface area (Å²) in [5, 5.41) is 10.0. The van der Waals surface area contributed by atoms with Crippen molar-refractivity contribution >= 4 is 23.2 Å². The topological polar surface area (TPSA) is 106 Å². The van der Waals surface area contributed by atoms with Crippen molar-refractivity contribution in [3.8, 4) is 17.3 Å². The second kappa shape index (κ2) is 8.15. The van der Waals surface area contributed by atoms with Gasteiger partial charge in [0.05, 0.1) is 5.69 Å². The fourth-order valence-electron chi connectivity index (χ4n) is 2.49. The summed E-state index contributed by atoms with van der Waals surface area (Å²) < 4.78 is 18.5. The standard InChI is InChI=1S/C19H15FN6O2S/c1-11-16(29-15(22-11)10-28-13-7-5-12(20)6-8-13)18(27)24-19-23-17(25-26-19)14-4-2-3-9-21-14/h2-9H,10H2,1H3,(H2,23,24,25,26,27). The summed E-state index contributed by atoms with van der Waals surface area (Å²) >= 11 is 1.21. The van der Waals surface area contributed by atoms with Crippen LogP contribution in [0, 0.1) is 12.7 Å². The second-order valence-electron chi connectivity index (χ2n) is 5.94. The van der Waals surface area contributed by atoms with E-state index >= 15 is 0 Å². The van der Waals surface area contributed by atoms with Gasteiger partial charge >= 0.3 is 0 Å². The number of anilines is 1. The Kier molecular flexibility index (Phi) is 5.25. The molecule has 0 saturated carbocycles. The van der Waals surface area contributed by atoms with Crippen LogP contribution in [0.4, 0.5) is 10.3 Å². The van der Waals surface area contributed by atoms with Crippen molar-refractivity contribution in [2.75, 3.05) is 5.32 Å². The van der Waals surface area contributed by atoms with Crippen LogP contribution in [0.25, 0.3) is 11.5 Å². The summed E-state index contributed by atoms with van der Waals surface area (Å²) in [6.45, 7) is 1.92. The normalized spacial score (nSPS) is 10.7. The summed E-state index contributed by atoms with van der Waals surface area (Å²) in [4.78, 5) is 25.8. The predicted octanol–water partition coefficient (Wildman–Crippen LogP) is 3.60. The van der Waals surface area contributed by atoms with Crippen LogP contribution in [0.15, 0.2) is 48.7 Å². The van der Waals surface area contributed by atoms with Gasteiger partial charge in [-0.2, -0.15) is 4.98 Å². The minimum atomic E-state index is -0.361. The van der Waals surface area contributed by atoms with E-state index in [2.05, 4.69) is 30.5 Å². The molecule has 2 N–H and O–H groups in total. The SMILES string of the molecule is Cc1nc(COc2ccc(F)cc2)sc1C(=O)Nc1n[nH]c(-c2ccccn2)n1. The van der Waals surface area contributed by atoms with E-state index in [1.54, 1.807) is 25.3 Å². The molecular weight excluding hydrogens is 395 g/mol. The highest BCUT2D eigenvalue weighted by Gasteiger charge is 2.18. The van der Waals surface area contributed by atoms with Crippen LogP contribution in [0.1, 0.15) is 20.4 Å². The summed E-state index contributed by atoms with van der Waals surface area (Å²) in [6, 6.07) is 11.1. The molecule has 0 atom stereocenters. The van der Waals surface area contributed by atoms with Crippen molar-refractivity contribution in [1.82, 2.24) is 25.1 Å². The van der Waals surface area contributed by atoms with Crippen LogP contribution >= 0.6 is 11.3 Å². The Labute approximate surface area is 168 Å². The molecule has 0 radical (unpaired) electrons. The van der Waals surface area contributed by atoms with Crippen molar-refractivity contribution < 1.29 is 13.9 Å². The lowest BCUT2D eigenvalue weighted by Crippen LogP contribution is -2.12. The Bertz CT molecular complexity index is 1130. The molecule has 0 aliphatic carbocycles. The number of ether oxygens (including phenoxy) is 1. The molecule has 3 aromatic heterocycles. The third kappa shape index (κ3) is 4.43. The third-order valence-corrected chi connectivity index (χ3v) is 4.97. The number of benzene rings is 1. The van der Waals surface area contributed by atoms with Crippen LogP contribution in [0.5, 0.6) is 5.75 Å². The largest absolute Gasteiger partial charge is 0.486 e. The van der Waals surface area contributed by atoms with Gasteiger partial charge in [0.2, 0.25) is 5.95 Å². The molecule has 1 amide bonds. The van der Waals surface area contributed by atoms with Crippen molar-refractivity contribution in [1.29, 1.82) is 0 Å². The highest BCUT2D eigenvalue weighted by atomic mass is 32.1. The van der Waals surface area contributed by atoms with Gasteiger partial charge in [-0.15, -0.1) is 16.4 Å². The number of aromatic amines is 1. The Morgan fingerprint density at radius 1 is 1.21 bits per heavy atom. The lowest BCUT2D eigenvalue weighted by molar-refractivity contribution is 0.102. The molecule has 10 heteroatoms. The predicted molar refractivity (Wildman–Crippen MR) is 105 cm³/mol. The van der Waals surface area contributed by atoms with E-state index in [1.165, 1.54) is 35.6 Å². The molecule has 0 unspecified atom stereocenters. The molecule has 29 heavy (non-hydrogen) atoms. The van der Waals surface area contributed by atoms with Crippen molar-refractivity contribution in [3.05, 3.63) is 70.1 Å². The lowest BCUT2D eigenvalue weighted by Gasteiger charge is -2.03. The average molecular weight is 410 g/mol. The highest BCUT2D eigenvalue weighted by Crippen LogP contribution is 2.22. The fourth-order valence-corrected chi connectivity index (χ4v) is 3.37. The van der Waals surface area contributed by atoms with Crippen LogP contribution in [0.3, 0.4) is 0 Å². The van der Waals surface area contributed by atoms with Crippen molar-refractivity contribution in [2.45, 2.75) is 13.5 Å². The average Bonchev–Trinajstić information content (AvgIpc) is 3.35. The molecule has 3 heterocycles. The molecule has 0 saturated heterocycles. The van der Waals surface area contributed by atoms with Gasteiger partial charge in [-0.1, -0.05) is 6.07 Å². The van der Waals surface area contributed by atoms with E-state index in [1.807, 2.05) is 6.07 Å². The smallest absolute Gasteiger partial charge is 0.270 e. The van der Waals surface area contributed by atoms with Crippen LogP contribution in [0.2, 0.25) is 0 Å². The lowest BCUT2D eigenvalue weighted by atomic mass is 10.3. The second-order valence-corrected chi connectivity index (χ2v) is 7.03. The number of nitrogens with zero attached hydrogens (tertiary/aromatic N) is 4. The number of carbonyl (C=O) groups is 1. The van der Waals surface area contributed by atoms with Gasteiger partial charge in [0, 0.05) is 6.20 Å². The molecule has 0 fully saturated rings. The van der Waals surface area contributed by atoms with E-state index in [9.17, 15) is 9.18 Å². The molecule has 0 bridgehead atoms. The zero-order valence-electron chi connectivity index (χ0n) is 15.2. The van der Waals surface area contributed by atoms with Gasteiger partial charge in [-0.05, 0) is 43.3 Å². The number of H-pyrrole nitrogens is 1. The maximum Gasteiger partial charge on any atom is 0.270 e. The number of halogens is 1. The Morgan fingerprint density at radius 2 is 2.03 bits per heavy atom. The number of hydrogen-bond acceptors (Lipinski definition) is 7. The number of amides is 1. The van der Waals surface area contributed by atoms with Crippen LogP contribution in [-0.4, -0.2) is 31.1 Å². The Morgan fingerprint density at radius 3 is 2.79 bits per heavy atom. The number of pyridine rings is 1. The van der Waals surface area contributed by atoms with Gasteiger partial charge in [-0.25, -0.2) is 9.37 Å². The fraction of sp³-hybridized carbons (Fsp3) is 0.105.